The highest BCUT2D eigenvalue weighted by Gasteiger charge is 2.25. The molecule has 1 aromatic heterocycles. The average Bonchev–Trinajstić information content (AvgIpc) is 2.83. The fourth-order valence-electron chi connectivity index (χ4n) is 2.29. The van der Waals surface area contributed by atoms with E-state index in [1.54, 1.807) is 13.0 Å². The van der Waals surface area contributed by atoms with E-state index in [9.17, 15) is 4.79 Å². The molecule has 1 amide bonds. The smallest absolute Gasteiger partial charge is 0.242 e. The molecule has 0 spiro atoms. The molecule has 1 aromatic rings. The zero-order valence-corrected chi connectivity index (χ0v) is 11.8. The lowest BCUT2D eigenvalue weighted by molar-refractivity contribution is -0.121. The van der Waals surface area contributed by atoms with Gasteiger partial charge in [-0.25, -0.2) is 0 Å². The molecule has 0 aliphatic carbocycles. The van der Waals surface area contributed by atoms with Gasteiger partial charge in [0.25, 0.3) is 0 Å². The van der Waals surface area contributed by atoms with Crippen molar-refractivity contribution in [2.24, 2.45) is 0 Å². The number of nitrogens with zero attached hydrogens (tertiary/aromatic N) is 3. The minimum Gasteiger partial charge on any atom is -0.360 e. The summed E-state index contributed by atoms with van der Waals surface area (Å²) in [6.45, 7) is 10.9. The summed E-state index contributed by atoms with van der Waals surface area (Å²) in [6, 6.07) is 1.58. The van der Waals surface area contributed by atoms with Gasteiger partial charge in [0.15, 0.2) is 5.82 Å². The van der Waals surface area contributed by atoms with Crippen LogP contribution in [0.3, 0.4) is 0 Å². The highest BCUT2D eigenvalue weighted by Crippen LogP contribution is 2.11. The zero-order chi connectivity index (χ0) is 13.8. The Kier molecular flexibility index (Phi) is 4.55. The monoisotopic (exact) mass is 266 g/mol. The maximum absolute atomic E-state index is 12.1. The van der Waals surface area contributed by atoms with Gasteiger partial charge in [-0.2, -0.15) is 0 Å². The summed E-state index contributed by atoms with van der Waals surface area (Å²) in [4.78, 5) is 16.7. The van der Waals surface area contributed by atoms with Crippen LogP contribution in [0.5, 0.6) is 0 Å². The van der Waals surface area contributed by atoms with Gasteiger partial charge in [-0.3, -0.25) is 9.69 Å². The van der Waals surface area contributed by atoms with E-state index < -0.39 is 0 Å². The van der Waals surface area contributed by atoms with E-state index in [0.29, 0.717) is 11.6 Å². The Morgan fingerprint density at radius 3 is 2.68 bits per heavy atom. The molecular formula is C13H22N4O2. The molecule has 1 atom stereocenters. The topological polar surface area (TPSA) is 61.6 Å². The number of likely N-dealkylation sites (N-methyl/N-ethyl adjacent to an activating group) is 1. The van der Waals surface area contributed by atoms with E-state index in [1.165, 1.54) is 0 Å². The first-order valence-electron chi connectivity index (χ1n) is 6.80. The average molecular weight is 266 g/mol. The molecule has 1 N–H and O–H groups in total. The van der Waals surface area contributed by atoms with Crippen LogP contribution in [0.4, 0.5) is 5.82 Å². The number of carbonyl (C=O) groups excluding carboxylic acids is 1. The summed E-state index contributed by atoms with van der Waals surface area (Å²) in [5.41, 5.74) is 0. The Morgan fingerprint density at radius 2 is 2.16 bits per heavy atom. The van der Waals surface area contributed by atoms with E-state index in [4.69, 9.17) is 4.52 Å². The second-order valence-electron chi connectivity index (χ2n) is 4.96. The maximum atomic E-state index is 12.1. The van der Waals surface area contributed by atoms with Gasteiger partial charge < -0.3 is 14.7 Å². The molecule has 0 radical (unpaired) electrons. The standard InChI is InChI=1S/C13H22N4O2/c1-4-16-5-7-17(8-6-16)11(3)13(18)14-12-9-10(2)19-15-12/h9,11H,4-8H2,1-3H3,(H,14,15,18)/t11-/m0/s1. The molecule has 0 aromatic carbocycles. The molecule has 2 rings (SSSR count). The van der Waals surface area contributed by atoms with Gasteiger partial charge >= 0.3 is 0 Å². The van der Waals surface area contributed by atoms with Gasteiger partial charge in [0.1, 0.15) is 5.76 Å². The summed E-state index contributed by atoms with van der Waals surface area (Å²) in [5, 5.41) is 6.56. The van der Waals surface area contributed by atoms with Crippen LogP contribution in [-0.4, -0.2) is 59.6 Å². The van der Waals surface area contributed by atoms with Gasteiger partial charge in [-0.1, -0.05) is 12.1 Å². The van der Waals surface area contributed by atoms with E-state index in [2.05, 4.69) is 27.2 Å². The van der Waals surface area contributed by atoms with E-state index in [1.807, 2.05) is 6.92 Å². The molecule has 0 saturated carbocycles. The molecule has 1 fully saturated rings. The number of aromatic nitrogens is 1. The van der Waals surface area contributed by atoms with Crippen molar-refractivity contribution in [2.75, 3.05) is 38.0 Å². The molecular weight excluding hydrogens is 244 g/mol. The number of anilines is 1. The van der Waals surface area contributed by atoms with Crippen LogP contribution in [0.15, 0.2) is 10.6 Å². The molecule has 1 aliphatic heterocycles. The lowest BCUT2D eigenvalue weighted by Crippen LogP contribution is -2.52. The zero-order valence-electron chi connectivity index (χ0n) is 11.8. The number of rotatable bonds is 4. The van der Waals surface area contributed by atoms with Crippen molar-refractivity contribution >= 4 is 11.7 Å². The number of hydrogen-bond donors (Lipinski definition) is 1. The Balaban J connectivity index is 1.85. The highest BCUT2D eigenvalue weighted by atomic mass is 16.5. The van der Waals surface area contributed by atoms with Crippen molar-refractivity contribution in [1.29, 1.82) is 0 Å². The molecule has 0 bridgehead atoms. The lowest BCUT2D eigenvalue weighted by Gasteiger charge is -2.36. The molecule has 2 heterocycles. The third kappa shape index (κ3) is 3.54. The Morgan fingerprint density at radius 1 is 1.47 bits per heavy atom. The molecule has 19 heavy (non-hydrogen) atoms. The maximum Gasteiger partial charge on any atom is 0.242 e. The molecule has 1 aliphatic rings. The number of nitrogens with one attached hydrogen (secondary N) is 1. The Hall–Kier alpha value is -1.40. The quantitative estimate of drug-likeness (QED) is 0.879. The molecule has 0 unspecified atom stereocenters. The van der Waals surface area contributed by atoms with Gasteiger partial charge in [0, 0.05) is 32.2 Å². The normalized spacial score (nSPS) is 19.3. The van der Waals surface area contributed by atoms with Crippen LogP contribution in [0, 0.1) is 6.92 Å². The van der Waals surface area contributed by atoms with Crippen LogP contribution in [0.1, 0.15) is 19.6 Å². The SMILES string of the molecule is CCN1CCN([C@@H](C)C(=O)Nc2cc(C)on2)CC1. The van der Waals surface area contributed by atoms with Crippen LogP contribution in [0.25, 0.3) is 0 Å². The lowest BCUT2D eigenvalue weighted by atomic mass is 10.2. The summed E-state index contributed by atoms with van der Waals surface area (Å²) in [7, 11) is 0. The van der Waals surface area contributed by atoms with Crippen LogP contribution in [0.2, 0.25) is 0 Å². The first-order chi connectivity index (χ1) is 9.10. The van der Waals surface area contributed by atoms with Gasteiger partial charge in [0.05, 0.1) is 6.04 Å². The second kappa shape index (κ2) is 6.16. The number of hydrogen-bond acceptors (Lipinski definition) is 5. The first kappa shape index (κ1) is 14.0. The third-order valence-corrected chi connectivity index (χ3v) is 3.66. The van der Waals surface area contributed by atoms with Crippen molar-refractivity contribution < 1.29 is 9.32 Å². The number of aryl methyl sites for hydroxylation is 1. The van der Waals surface area contributed by atoms with Crippen LogP contribution in [-0.2, 0) is 4.79 Å². The van der Waals surface area contributed by atoms with Crippen molar-refractivity contribution in [3.05, 3.63) is 11.8 Å². The summed E-state index contributed by atoms with van der Waals surface area (Å²) >= 11 is 0. The van der Waals surface area contributed by atoms with Crippen LogP contribution < -0.4 is 5.32 Å². The summed E-state index contributed by atoms with van der Waals surface area (Å²) in [5.74, 6) is 1.15. The van der Waals surface area contributed by atoms with E-state index in [-0.39, 0.29) is 11.9 Å². The van der Waals surface area contributed by atoms with Crippen molar-refractivity contribution in [3.8, 4) is 0 Å². The molecule has 106 valence electrons. The van der Waals surface area contributed by atoms with Crippen LogP contribution >= 0.6 is 0 Å². The van der Waals surface area contributed by atoms with E-state index in [0.717, 1.165) is 32.7 Å². The van der Waals surface area contributed by atoms with Crippen molar-refractivity contribution in [2.45, 2.75) is 26.8 Å². The number of piperazine rings is 1. The predicted octanol–water partition coefficient (Wildman–Crippen LogP) is 0.948. The highest BCUT2D eigenvalue weighted by molar-refractivity contribution is 5.93. The minimum absolute atomic E-state index is 0.0294. The molecule has 6 nitrogen and oxygen atoms in total. The summed E-state index contributed by atoms with van der Waals surface area (Å²) < 4.78 is 4.93. The van der Waals surface area contributed by atoms with Gasteiger partial charge in [-0.05, 0) is 20.4 Å². The van der Waals surface area contributed by atoms with Gasteiger partial charge in [0.2, 0.25) is 5.91 Å². The molecule has 6 heteroatoms. The summed E-state index contributed by atoms with van der Waals surface area (Å²) in [6.07, 6.45) is 0. The number of amides is 1. The minimum atomic E-state index is -0.143. The fourth-order valence-corrected chi connectivity index (χ4v) is 2.29. The second-order valence-corrected chi connectivity index (χ2v) is 4.96. The predicted molar refractivity (Wildman–Crippen MR) is 73.0 cm³/mol. The largest absolute Gasteiger partial charge is 0.360 e. The van der Waals surface area contributed by atoms with E-state index >= 15 is 0 Å². The Bertz CT molecular complexity index is 424. The van der Waals surface area contributed by atoms with Gasteiger partial charge in [-0.15, -0.1) is 0 Å². The number of carbonyl (C=O) groups is 1. The third-order valence-electron chi connectivity index (χ3n) is 3.66. The molecule has 1 saturated heterocycles. The van der Waals surface area contributed by atoms with Crippen molar-refractivity contribution in [1.82, 2.24) is 15.0 Å². The first-order valence-corrected chi connectivity index (χ1v) is 6.80. The Labute approximate surface area is 113 Å². The fraction of sp³-hybridized carbons (Fsp3) is 0.692. The van der Waals surface area contributed by atoms with Crippen molar-refractivity contribution in [3.63, 3.8) is 0 Å².